The van der Waals surface area contributed by atoms with Crippen LogP contribution >= 0.6 is 0 Å². The number of rotatable bonds is 4. The van der Waals surface area contributed by atoms with Crippen LogP contribution in [0, 0.1) is 18.3 Å². The van der Waals surface area contributed by atoms with Crippen LogP contribution in [0.3, 0.4) is 0 Å². The standard InChI is InChI=1S/C21H31N3O2/c1-13-6-7-17(25-4)16(12-13)14(2)23-20(22-3)24-18-15-8-11-26-19(15)21(18)9-5-10-21/h6-7,12,14-15,18-19H,5,8-11H2,1-4H3,(H2,22,23,24). The smallest absolute Gasteiger partial charge is 0.191 e. The van der Waals surface area contributed by atoms with Gasteiger partial charge in [-0.15, -0.1) is 0 Å². The number of aliphatic imine (C=N–C) groups is 1. The molecule has 1 aromatic rings. The molecule has 4 unspecified atom stereocenters. The molecule has 5 nitrogen and oxygen atoms in total. The third-order valence-electron chi connectivity index (χ3n) is 6.76. The Labute approximate surface area is 156 Å². The average molecular weight is 357 g/mol. The van der Waals surface area contributed by atoms with Crippen LogP contribution in [0.4, 0.5) is 0 Å². The first-order chi connectivity index (χ1) is 12.6. The van der Waals surface area contributed by atoms with E-state index in [0.717, 1.165) is 23.9 Å². The number of ether oxygens (including phenoxy) is 2. The van der Waals surface area contributed by atoms with Crippen molar-refractivity contribution in [2.24, 2.45) is 16.3 Å². The maximum atomic E-state index is 6.03. The summed E-state index contributed by atoms with van der Waals surface area (Å²) in [6.45, 7) is 5.18. The van der Waals surface area contributed by atoms with Crippen LogP contribution in [0.25, 0.3) is 0 Å². The molecule has 0 bridgehead atoms. The number of aryl methyl sites for hydroxylation is 1. The Kier molecular flexibility index (Phi) is 4.59. The topological polar surface area (TPSA) is 54.9 Å². The van der Waals surface area contributed by atoms with E-state index in [1.165, 1.54) is 31.2 Å². The molecule has 2 N–H and O–H groups in total. The van der Waals surface area contributed by atoms with Crippen LogP contribution in [0.15, 0.2) is 23.2 Å². The van der Waals surface area contributed by atoms with E-state index >= 15 is 0 Å². The molecule has 142 valence electrons. The van der Waals surface area contributed by atoms with Gasteiger partial charge < -0.3 is 20.1 Å². The van der Waals surface area contributed by atoms with Crippen molar-refractivity contribution in [3.63, 3.8) is 0 Å². The monoisotopic (exact) mass is 357 g/mol. The number of nitrogens with zero attached hydrogens (tertiary/aromatic N) is 1. The Morgan fingerprint density at radius 1 is 1.38 bits per heavy atom. The lowest BCUT2D eigenvalue weighted by Gasteiger charge is -2.63. The first kappa shape index (κ1) is 17.7. The third-order valence-corrected chi connectivity index (χ3v) is 6.76. The maximum Gasteiger partial charge on any atom is 0.191 e. The van der Waals surface area contributed by atoms with Gasteiger partial charge in [0.2, 0.25) is 0 Å². The SMILES string of the molecule is CN=C(NC(C)c1cc(C)ccc1OC)NC1C2CCOC2C12CCC2. The Morgan fingerprint density at radius 3 is 2.85 bits per heavy atom. The molecule has 2 saturated carbocycles. The summed E-state index contributed by atoms with van der Waals surface area (Å²) in [5.74, 6) is 2.43. The zero-order valence-corrected chi connectivity index (χ0v) is 16.3. The van der Waals surface area contributed by atoms with Crippen molar-refractivity contribution in [1.82, 2.24) is 10.6 Å². The minimum atomic E-state index is 0.115. The highest BCUT2D eigenvalue weighted by molar-refractivity contribution is 5.81. The van der Waals surface area contributed by atoms with Crippen LogP contribution in [-0.4, -0.2) is 38.9 Å². The van der Waals surface area contributed by atoms with Crippen molar-refractivity contribution in [2.45, 2.75) is 57.7 Å². The minimum absolute atomic E-state index is 0.115. The molecule has 4 atom stereocenters. The average Bonchev–Trinajstić information content (AvgIpc) is 3.02. The van der Waals surface area contributed by atoms with E-state index in [1.807, 2.05) is 13.1 Å². The summed E-state index contributed by atoms with van der Waals surface area (Å²) >= 11 is 0. The van der Waals surface area contributed by atoms with E-state index < -0.39 is 0 Å². The van der Waals surface area contributed by atoms with Crippen LogP contribution in [0.2, 0.25) is 0 Å². The molecule has 3 fully saturated rings. The van der Waals surface area contributed by atoms with Crippen molar-refractivity contribution in [3.8, 4) is 5.75 Å². The highest BCUT2D eigenvalue weighted by Gasteiger charge is 2.66. The van der Waals surface area contributed by atoms with Gasteiger partial charge in [0.15, 0.2) is 5.96 Å². The number of nitrogens with one attached hydrogen (secondary N) is 2. The summed E-state index contributed by atoms with van der Waals surface area (Å²) in [6, 6.07) is 6.90. The van der Waals surface area contributed by atoms with Crippen molar-refractivity contribution >= 4 is 5.96 Å². The van der Waals surface area contributed by atoms with Gasteiger partial charge in [0.1, 0.15) is 5.75 Å². The number of benzene rings is 1. The first-order valence-corrected chi connectivity index (χ1v) is 9.85. The van der Waals surface area contributed by atoms with Crippen LogP contribution in [-0.2, 0) is 4.74 Å². The summed E-state index contributed by atoms with van der Waals surface area (Å²) in [5.41, 5.74) is 2.74. The second kappa shape index (κ2) is 6.76. The highest BCUT2D eigenvalue weighted by atomic mass is 16.5. The molecular formula is C21H31N3O2. The van der Waals surface area contributed by atoms with Gasteiger partial charge in [-0.25, -0.2) is 0 Å². The van der Waals surface area contributed by atoms with Gasteiger partial charge in [-0.05, 0) is 39.2 Å². The molecule has 0 aromatic heterocycles. The van der Waals surface area contributed by atoms with E-state index in [2.05, 4.69) is 41.6 Å². The zero-order valence-electron chi connectivity index (χ0n) is 16.3. The van der Waals surface area contributed by atoms with E-state index in [9.17, 15) is 0 Å². The van der Waals surface area contributed by atoms with Gasteiger partial charge in [0.05, 0.1) is 19.3 Å². The number of hydrogen-bond donors (Lipinski definition) is 2. The zero-order chi connectivity index (χ0) is 18.3. The van der Waals surface area contributed by atoms with E-state index in [-0.39, 0.29) is 6.04 Å². The minimum Gasteiger partial charge on any atom is -0.496 e. The summed E-state index contributed by atoms with van der Waals surface area (Å²) in [4.78, 5) is 4.50. The predicted octanol–water partition coefficient (Wildman–Crippen LogP) is 3.19. The largest absolute Gasteiger partial charge is 0.496 e. The van der Waals surface area contributed by atoms with Gasteiger partial charge >= 0.3 is 0 Å². The van der Waals surface area contributed by atoms with Gasteiger partial charge in [-0.3, -0.25) is 4.99 Å². The van der Waals surface area contributed by atoms with Gasteiger partial charge in [0.25, 0.3) is 0 Å². The normalized spacial score (nSPS) is 30.2. The number of guanidine groups is 1. The fourth-order valence-corrected chi connectivity index (χ4v) is 5.25. The van der Waals surface area contributed by atoms with Gasteiger partial charge in [0, 0.05) is 36.6 Å². The lowest BCUT2D eigenvalue weighted by Crippen LogP contribution is -2.72. The second-order valence-electron chi connectivity index (χ2n) is 8.14. The fraction of sp³-hybridized carbons (Fsp3) is 0.667. The Morgan fingerprint density at radius 2 is 2.19 bits per heavy atom. The molecule has 2 aliphatic carbocycles. The molecule has 1 saturated heterocycles. The lowest BCUT2D eigenvalue weighted by atomic mass is 9.46. The first-order valence-electron chi connectivity index (χ1n) is 9.85. The Bertz CT molecular complexity index is 698. The summed E-state index contributed by atoms with van der Waals surface area (Å²) in [5, 5.41) is 7.31. The van der Waals surface area contributed by atoms with Crippen molar-refractivity contribution in [1.29, 1.82) is 0 Å². The molecule has 4 rings (SSSR count). The summed E-state index contributed by atoms with van der Waals surface area (Å²) in [6.07, 6.45) is 5.53. The Hall–Kier alpha value is -1.75. The lowest BCUT2D eigenvalue weighted by molar-refractivity contribution is -0.171. The quantitative estimate of drug-likeness (QED) is 0.642. The van der Waals surface area contributed by atoms with E-state index in [0.29, 0.717) is 23.5 Å². The number of methoxy groups -OCH3 is 1. The fourth-order valence-electron chi connectivity index (χ4n) is 5.25. The molecule has 1 spiro atoms. The highest BCUT2D eigenvalue weighted by Crippen LogP contribution is 2.62. The summed E-state index contributed by atoms with van der Waals surface area (Å²) in [7, 11) is 3.58. The van der Waals surface area contributed by atoms with Crippen LogP contribution in [0.5, 0.6) is 5.75 Å². The molecule has 5 heteroatoms. The molecule has 1 aromatic carbocycles. The molecule has 3 aliphatic rings. The van der Waals surface area contributed by atoms with Crippen LogP contribution in [0.1, 0.15) is 49.8 Å². The predicted molar refractivity (Wildman–Crippen MR) is 104 cm³/mol. The van der Waals surface area contributed by atoms with Crippen molar-refractivity contribution in [2.75, 3.05) is 20.8 Å². The molecule has 1 heterocycles. The maximum absolute atomic E-state index is 6.03. The van der Waals surface area contributed by atoms with E-state index in [4.69, 9.17) is 9.47 Å². The van der Waals surface area contributed by atoms with Gasteiger partial charge in [-0.2, -0.15) is 0 Å². The van der Waals surface area contributed by atoms with Crippen LogP contribution < -0.4 is 15.4 Å². The third kappa shape index (κ3) is 2.68. The molecule has 26 heavy (non-hydrogen) atoms. The molecule has 0 amide bonds. The molecule has 1 aliphatic heterocycles. The van der Waals surface area contributed by atoms with Gasteiger partial charge in [-0.1, -0.05) is 24.1 Å². The molecular weight excluding hydrogens is 326 g/mol. The number of fused-ring (bicyclic) bond motifs is 2. The Balaban J connectivity index is 1.46. The van der Waals surface area contributed by atoms with Crippen molar-refractivity contribution in [3.05, 3.63) is 29.3 Å². The second-order valence-corrected chi connectivity index (χ2v) is 8.14. The summed E-state index contributed by atoms with van der Waals surface area (Å²) < 4.78 is 11.6. The van der Waals surface area contributed by atoms with Crippen molar-refractivity contribution < 1.29 is 9.47 Å². The number of hydrogen-bond acceptors (Lipinski definition) is 3. The van der Waals surface area contributed by atoms with E-state index in [1.54, 1.807) is 7.11 Å². The molecule has 0 radical (unpaired) electrons.